The van der Waals surface area contributed by atoms with E-state index in [2.05, 4.69) is 5.32 Å². The zero-order chi connectivity index (χ0) is 14.5. The second-order valence-electron chi connectivity index (χ2n) is 5.20. The van der Waals surface area contributed by atoms with Gasteiger partial charge in [0.1, 0.15) is 5.75 Å². The van der Waals surface area contributed by atoms with Gasteiger partial charge in [-0.25, -0.2) is 0 Å². The van der Waals surface area contributed by atoms with E-state index in [-0.39, 0.29) is 18.6 Å². The van der Waals surface area contributed by atoms with Gasteiger partial charge >= 0.3 is 0 Å². The Labute approximate surface area is 124 Å². The van der Waals surface area contributed by atoms with Crippen molar-refractivity contribution >= 4 is 17.5 Å². The summed E-state index contributed by atoms with van der Waals surface area (Å²) < 4.78 is 5.49. The highest BCUT2D eigenvalue weighted by Gasteiger charge is 2.18. The average molecular weight is 298 g/mol. The van der Waals surface area contributed by atoms with Crippen molar-refractivity contribution in [3.05, 3.63) is 28.8 Å². The highest BCUT2D eigenvalue weighted by atomic mass is 35.5. The van der Waals surface area contributed by atoms with Crippen molar-refractivity contribution in [2.75, 3.05) is 6.61 Å². The smallest absolute Gasteiger partial charge is 0.258 e. The van der Waals surface area contributed by atoms with Crippen molar-refractivity contribution < 1.29 is 14.6 Å². The molecule has 4 nitrogen and oxygen atoms in total. The Morgan fingerprint density at radius 1 is 1.50 bits per heavy atom. The van der Waals surface area contributed by atoms with Gasteiger partial charge in [-0.2, -0.15) is 0 Å². The summed E-state index contributed by atoms with van der Waals surface area (Å²) in [5.74, 6) is 0.370. The van der Waals surface area contributed by atoms with E-state index in [0.29, 0.717) is 16.3 Å². The second kappa shape index (κ2) is 6.95. The van der Waals surface area contributed by atoms with Crippen molar-refractivity contribution in [1.82, 2.24) is 5.32 Å². The number of hydrogen-bond donors (Lipinski definition) is 2. The summed E-state index contributed by atoms with van der Waals surface area (Å²) in [4.78, 5) is 11.8. The highest BCUT2D eigenvalue weighted by Crippen LogP contribution is 2.28. The third-order valence-corrected chi connectivity index (χ3v) is 3.74. The van der Waals surface area contributed by atoms with Crippen LogP contribution in [0.2, 0.25) is 5.02 Å². The van der Waals surface area contributed by atoms with Crippen LogP contribution in [-0.4, -0.2) is 23.7 Å². The van der Waals surface area contributed by atoms with Crippen molar-refractivity contribution in [1.29, 1.82) is 0 Å². The molecule has 110 valence electrons. The number of aliphatic hydroxyl groups is 1. The summed E-state index contributed by atoms with van der Waals surface area (Å²) in [7, 11) is 0. The molecule has 0 saturated heterocycles. The van der Waals surface area contributed by atoms with Crippen LogP contribution in [0.15, 0.2) is 18.2 Å². The Hall–Kier alpha value is -1.26. The lowest BCUT2D eigenvalue weighted by Gasteiger charge is -2.15. The maximum Gasteiger partial charge on any atom is 0.258 e. The molecule has 0 aromatic heterocycles. The Kier molecular flexibility index (Phi) is 5.26. The molecule has 5 heteroatoms. The standard InChI is InChI=1S/C15H20ClNO3/c1-10(18)13-8-11(16)6-7-14(13)20-9-15(19)17-12-4-2-3-5-12/h6-8,10,12,18H,2-5,9H2,1H3,(H,17,19)/t10-/m0/s1. The normalized spacial score (nSPS) is 16.9. The third kappa shape index (κ3) is 4.12. The number of hydrogen-bond acceptors (Lipinski definition) is 3. The number of rotatable bonds is 5. The Bertz CT molecular complexity index is 470. The van der Waals surface area contributed by atoms with E-state index in [0.717, 1.165) is 12.8 Å². The predicted octanol–water partition coefficient (Wildman–Crippen LogP) is 2.83. The number of aliphatic hydroxyl groups excluding tert-OH is 1. The van der Waals surface area contributed by atoms with Gasteiger partial charge in [0.15, 0.2) is 6.61 Å². The molecule has 2 N–H and O–H groups in total. The topological polar surface area (TPSA) is 58.6 Å². The highest BCUT2D eigenvalue weighted by molar-refractivity contribution is 6.30. The molecule has 1 aliphatic carbocycles. The molecule has 0 heterocycles. The number of halogens is 1. The van der Waals surface area contributed by atoms with Gasteiger partial charge in [-0.1, -0.05) is 24.4 Å². The molecule has 1 aromatic rings. The van der Waals surface area contributed by atoms with Gasteiger partial charge in [0, 0.05) is 16.6 Å². The SMILES string of the molecule is C[C@H](O)c1cc(Cl)ccc1OCC(=O)NC1CCCC1. The second-order valence-corrected chi connectivity index (χ2v) is 5.63. The summed E-state index contributed by atoms with van der Waals surface area (Å²) >= 11 is 5.89. The first-order chi connectivity index (χ1) is 9.56. The minimum absolute atomic E-state index is 0.0438. The minimum atomic E-state index is -0.693. The number of carbonyl (C=O) groups excluding carboxylic acids is 1. The van der Waals surface area contributed by atoms with Gasteiger partial charge < -0.3 is 15.2 Å². The molecule has 1 amide bonds. The van der Waals surface area contributed by atoms with Crippen LogP contribution in [0.4, 0.5) is 0 Å². The van der Waals surface area contributed by atoms with E-state index >= 15 is 0 Å². The van der Waals surface area contributed by atoms with E-state index in [4.69, 9.17) is 16.3 Å². The van der Waals surface area contributed by atoms with Crippen LogP contribution in [0, 0.1) is 0 Å². The molecule has 0 radical (unpaired) electrons. The monoisotopic (exact) mass is 297 g/mol. The molecule has 1 fully saturated rings. The van der Waals surface area contributed by atoms with Crippen molar-refractivity contribution in [2.24, 2.45) is 0 Å². The molecule has 2 rings (SSSR count). The quantitative estimate of drug-likeness (QED) is 0.878. The van der Waals surface area contributed by atoms with Crippen molar-refractivity contribution in [2.45, 2.75) is 44.8 Å². The van der Waals surface area contributed by atoms with E-state index in [9.17, 15) is 9.90 Å². The summed E-state index contributed by atoms with van der Waals surface area (Å²) in [5, 5.41) is 13.2. The Morgan fingerprint density at radius 3 is 2.85 bits per heavy atom. The fraction of sp³-hybridized carbons (Fsp3) is 0.533. The molecule has 20 heavy (non-hydrogen) atoms. The molecule has 0 unspecified atom stereocenters. The first kappa shape index (κ1) is 15.1. The number of benzene rings is 1. The van der Waals surface area contributed by atoms with Crippen LogP contribution in [0.3, 0.4) is 0 Å². The lowest BCUT2D eigenvalue weighted by molar-refractivity contribution is -0.123. The van der Waals surface area contributed by atoms with Crippen LogP contribution in [0.5, 0.6) is 5.75 Å². The van der Waals surface area contributed by atoms with Gasteiger partial charge in [0.2, 0.25) is 0 Å². The number of ether oxygens (including phenoxy) is 1. The van der Waals surface area contributed by atoms with Gasteiger partial charge in [-0.15, -0.1) is 0 Å². The molecular weight excluding hydrogens is 278 g/mol. The number of carbonyl (C=O) groups is 1. The fourth-order valence-corrected chi connectivity index (χ4v) is 2.64. The predicted molar refractivity (Wildman–Crippen MR) is 78.0 cm³/mol. The lowest BCUT2D eigenvalue weighted by atomic mass is 10.1. The van der Waals surface area contributed by atoms with Crippen LogP contribution in [0.1, 0.15) is 44.3 Å². The molecular formula is C15H20ClNO3. The first-order valence-corrected chi connectivity index (χ1v) is 7.33. The lowest BCUT2D eigenvalue weighted by Crippen LogP contribution is -2.36. The summed E-state index contributed by atoms with van der Waals surface area (Å²) in [5.41, 5.74) is 0.589. The van der Waals surface area contributed by atoms with E-state index in [1.165, 1.54) is 12.8 Å². The van der Waals surface area contributed by atoms with Crippen LogP contribution in [-0.2, 0) is 4.79 Å². The summed E-state index contributed by atoms with van der Waals surface area (Å²) in [6.45, 7) is 1.59. The maximum atomic E-state index is 11.8. The molecule has 1 aromatic carbocycles. The summed E-state index contributed by atoms with van der Waals surface area (Å²) in [6.07, 6.45) is 3.75. The Morgan fingerprint density at radius 2 is 2.20 bits per heavy atom. The van der Waals surface area contributed by atoms with Crippen LogP contribution in [0.25, 0.3) is 0 Å². The van der Waals surface area contributed by atoms with E-state index in [1.54, 1.807) is 25.1 Å². The van der Waals surface area contributed by atoms with Crippen molar-refractivity contribution in [3.63, 3.8) is 0 Å². The largest absolute Gasteiger partial charge is 0.483 e. The fourth-order valence-electron chi connectivity index (χ4n) is 2.46. The van der Waals surface area contributed by atoms with E-state index in [1.807, 2.05) is 0 Å². The molecule has 0 aliphatic heterocycles. The molecule has 1 aliphatic rings. The maximum absolute atomic E-state index is 11.8. The average Bonchev–Trinajstić information content (AvgIpc) is 2.90. The first-order valence-electron chi connectivity index (χ1n) is 6.96. The van der Waals surface area contributed by atoms with Crippen LogP contribution < -0.4 is 10.1 Å². The molecule has 1 atom stereocenters. The molecule has 0 spiro atoms. The number of nitrogens with one attached hydrogen (secondary N) is 1. The summed E-state index contributed by atoms with van der Waals surface area (Å²) in [6, 6.07) is 5.29. The van der Waals surface area contributed by atoms with Gasteiger partial charge in [-0.3, -0.25) is 4.79 Å². The Balaban J connectivity index is 1.91. The van der Waals surface area contributed by atoms with Gasteiger partial charge in [0.25, 0.3) is 5.91 Å². The van der Waals surface area contributed by atoms with Crippen molar-refractivity contribution in [3.8, 4) is 5.75 Å². The molecule has 1 saturated carbocycles. The zero-order valence-electron chi connectivity index (χ0n) is 11.6. The van der Waals surface area contributed by atoms with Crippen LogP contribution >= 0.6 is 11.6 Å². The minimum Gasteiger partial charge on any atom is -0.483 e. The van der Waals surface area contributed by atoms with Gasteiger partial charge in [0.05, 0.1) is 6.10 Å². The zero-order valence-corrected chi connectivity index (χ0v) is 12.3. The third-order valence-electron chi connectivity index (χ3n) is 3.50. The van der Waals surface area contributed by atoms with E-state index < -0.39 is 6.10 Å². The molecule has 0 bridgehead atoms. The number of amides is 1. The van der Waals surface area contributed by atoms with Gasteiger partial charge in [-0.05, 0) is 38.0 Å².